The van der Waals surface area contributed by atoms with Crippen LogP contribution >= 0.6 is 0 Å². The Bertz CT molecular complexity index is 992. The summed E-state index contributed by atoms with van der Waals surface area (Å²) in [7, 11) is 0. The Kier molecular flexibility index (Phi) is 5.69. The van der Waals surface area contributed by atoms with Crippen LogP contribution in [0.4, 0.5) is 5.69 Å². The molecule has 0 aromatic heterocycles. The molecular formula is C26H29NO. The van der Waals surface area contributed by atoms with Crippen molar-refractivity contribution in [2.24, 2.45) is 0 Å². The Hall–Kier alpha value is -2.87. The predicted molar refractivity (Wildman–Crippen MR) is 121 cm³/mol. The molecule has 144 valence electrons. The minimum absolute atomic E-state index is 0.281. The molecule has 0 amide bonds. The van der Waals surface area contributed by atoms with Gasteiger partial charge in [0.2, 0.25) is 0 Å². The van der Waals surface area contributed by atoms with E-state index in [0.717, 1.165) is 46.5 Å². The summed E-state index contributed by atoms with van der Waals surface area (Å²) in [5.74, 6) is 0.281. The highest BCUT2D eigenvalue weighted by molar-refractivity contribution is 5.89. The van der Waals surface area contributed by atoms with E-state index in [1.54, 1.807) is 0 Å². The molecule has 3 rings (SSSR count). The zero-order valence-electron chi connectivity index (χ0n) is 17.5. The van der Waals surface area contributed by atoms with E-state index < -0.39 is 0 Å². The van der Waals surface area contributed by atoms with Crippen molar-refractivity contribution in [3.63, 3.8) is 0 Å². The molecule has 0 unspecified atom stereocenters. The SMILES string of the molecule is C=C(C)N(/C(=C\C)c1ccc(C=O)c(C(C)C)c1)c1ccc(C)c2c1C=CC2. The Balaban J connectivity index is 2.17. The van der Waals surface area contributed by atoms with Crippen LogP contribution in [0.5, 0.6) is 0 Å². The van der Waals surface area contributed by atoms with E-state index in [4.69, 9.17) is 0 Å². The fourth-order valence-corrected chi connectivity index (χ4v) is 4.02. The summed E-state index contributed by atoms with van der Waals surface area (Å²) in [6.45, 7) is 14.8. The number of nitrogens with zero attached hydrogens (tertiary/aromatic N) is 1. The molecular weight excluding hydrogens is 342 g/mol. The van der Waals surface area contributed by atoms with Crippen molar-refractivity contribution in [1.29, 1.82) is 0 Å². The second-order valence-electron chi connectivity index (χ2n) is 7.76. The number of hydrogen-bond donors (Lipinski definition) is 0. The number of fused-ring (bicyclic) bond motifs is 1. The number of benzene rings is 2. The Morgan fingerprint density at radius 2 is 1.96 bits per heavy atom. The summed E-state index contributed by atoms with van der Waals surface area (Å²) in [5.41, 5.74) is 10.1. The van der Waals surface area contributed by atoms with Gasteiger partial charge in [-0.05, 0) is 67.5 Å². The molecule has 2 aromatic carbocycles. The first-order valence-corrected chi connectivity index (χ1v) is 9.89. The molecule has 0 heterocycles. The van der Waals surface area contributed by atoms with E-state index in [2.05, 4.69) is 75.6 Å². The lowest BCUT2D eigenvalue weighted by atomic mass is 9.93. The van der Waals surface area contributed by atoms with Gasteiger partial charge in [-0.2, -0.15) is 0 Å². The lowest BCUT2D eigenvalue weighted by Gasteiger charge is -2.30. The van der Waals surface area contributed by atoms with Gasteiger partial charge in [-0.15, -0.1) is 0 Å². The van der Waals surface area contributed by atoms with Gasteiger partial charge in [0, 0.05) is 22.5 Å². The zero-order valence-corrected chi connectivity index (χ0v) is 17.5. The van der Waals surface area contributed by atoms with E-state index >= 15 is 0 Å². The Morgan fingerprint density at radius 1 is 1.21 bits per heavy atom. The number of allylic oxidation sites excluding steroid dienone is 3. The maximum Gasteiger partial charge on any atom is 0.150 e. The van der Waals surface area contributed by atoms with Crippen LogP contribution in [0.1, 0.15) is 71.8 Å². The number of hydrogen-bond acceptors (Lipinski definition) is 2. The average molecular weight is 372 g/mol. The third-order valence-corrected chi connectivity index (χ3v) is 5.44. The van der Waals surface area contributed by atoms with Gasteiger partial charge in [0.15, 0.2) is 0 Å². The van der Waals surface area contributed by atoms with Gasteiger partial charge in [-0.3, -0.25) is 4.79 Å². The van der Waals surface area contributed by atoms with Crippen LogP contribution in [0.2, 0.25) is 0 Å². The molecule has 0 bridgehead atoms. The topological polar surface area (TPSA) is 20.3 Å². The fraction of sp³-hybridized carbons (Fsp3) is 0.269. The first-order valence-electron chi connectivity index (χ1n) is 9.89. The number of aldehydes is 1. The lowest BCUT2D eigenvalue weighted by molar-refractivity contribution is 0.112. The normalized spacial score (nSPS) is 13.0. The van der Waals surface area contributed by atoms with Gasteiger partial charge in [-0.1, -0.05) is 56.9 Å². The summed E-state index contributed by atoms with van der Waals surface area (Å²) >= 11 is 0. The zero-order chi connectivity index (χ0) is 20.4. The van der Waals surface area contributed by atoms with Crippen molar-refractivity contribution in [1.82, 2.24) is 0 Å². The smallest absolute Gasteiger partial charge is 0.150 e. The minimum Gasteiger partial charge on any atom is -0.314 e. The molecule has 0 N–H and O–H groups in total. The van der Waals surface area contributed by atoms with Gasteiger partial charge in [0.25, 0.3) is 0 Å². The van der Waals surface area contributed by atoms with Crippen LogP contribution < -0.4 is 4.90 Å². The fourth-order valence-electron chi connectivity index (χ4n) is 4.02. The molecule has 2 heteroatoms. The highest BCUT2D eigenvalue weighted by Gasteiger charge is 2.22. The van der Waals surface area contributed by atoms with Crippen molar-refractivity contribution in [3.05, 3.63) is 88.1 Å². The van der Waals surface area contributed by atoms with Crippen LogP contribution in [-0.4, -0.2) is 6.29 Å². The van der Waals surface area contributed by atoms with Gasteiger partial charge in [-0.25, -0.2) is 0 Å². The van der Waals surface area contributed by atoms with E-state index in [1.807, 2.05) is 19.1 Å². The Morgan fingerprint density at radius 3 is 2.57 bits per heavy atom. The molecule has 0 aliphatic heterocycles. The van der Waals surface area contributed by atoms with E-state index in [9.17, 15) is 4.79 Å². The third kappa shape index (κ3) is 3.47. The maximum absolute atomic E-state index is 11.5. The van der Waals surface area contributed by atoms with Crippen LogP contribution in [0.15, 0.2) is 54.8 Å². The number of carbonyl (C=O) groups is 1. The van der Waals surface area contributed by atoms with Crippen LogP contribution in [0.3, 0.4) is 0 Å². The van der Waals surface area contributed by atoms with Crippen LogP contribution in [0, 0.1) is 6.92 Å². The molecule has 2 aromatic rings. The highest BCUT2D eigenvalue weighted by Crippen LogP contribution is 2.38. The molecule has 0 radical (unpaired) electrons. The monoisotopic (exact) mass is 371 g/mol. The molecule has 1 aliphatic rings. The molecule has 0 atom stereocenters. The van der Waals surface area contributed by atoms with Crippen molar-refractivity contribution in [2.75, 3.05) is 4.90 Å². The van der Waals surface area contributed by atoms with Crippen molar-refractivity contribution in [2.45, 2.75) is 47.0 Å². The summed E-state index contributed by atoms with van der Waals surface area (Å²) in [6, 6.07) is 10.5. The highest BCUT2D eigenvalue weighted by atomic mass is 16.1. The first kappa shape index (κ1) is 19.9. The minimum atomic E-state index is 0.281. The van der Waals surface area contributed by atoms with E-state index in [0.29, 0.717) is 0 Å². The van der Waals surface area contributed by atoms with Crippen molar-refractivity contribution >= 4 is 23.7 Å². The van der Waals surface area contributed by atoms with Gasteiger partial charge in [0.1, 0.15) is 6.29 Å². The maximum atomic E-state index is 11.5. The lowest BCUT2D eigenvalue weighted by Crippen LogP contribution is -2.20. The van der Waals surface area contributed by atoms with E-state index in [1.165, 1.54) is 16.7 Å². The summed E-state index contributed by atoms with van der Waals surface area (Å²) < 4.78 is 0. The van der Waals surface area contributed by atoms with Crippen molar-refractivity contribution < 1.29 is 4.79 Å². The molecule has 0 fully saturated rings. The second kappa shape index (κ2) is 8.02. The molecule has 1 aliphatic carbocycles. The third-order valence-electron chi connectivity index (χ3n) is 5.44. The average Bonchev–Trinajstić information content (AvgIpc) is 3.17. The van der Waals surface area contributed by atoms with Gasteiger partial charge < -0.3 is 4.90 Å². The Labute approximate surface area is 168 Å². The molecule has 2 nitrogen and oxygen atoms in total. The molecule has 0 saturated heterocycles. The largest absolute Gasteiger partial charge is 0.314 e. The number of aryl methyl sites for hydroxylation is 1. The number of anilines is 1. The van der Waals surface area contributed by atoms with Crippen LogP contribution in [-0.2, 0) is 6.42 Å². The second-order valence-corrected chi connectivity index (χ2v) is 7.76. The summed E-state index contributed by atoms with van der Waals surface area (Å²) in [6.07, 6.45) is 8.50. The van der Waals surface area contributed by atoms with Gasteiger partial charge >= 0.3 is 0 Å². The first-order chi connectivity index (χ1) is 13.4. The number of carbonyl (C=O) groups excluding carboxylic acids is 1. The summed E-state index contributed by atoms with van der Waals surface area (Å²) in [5, 5.41) is 0. The number of rotatable bonds is 6. The molecule has 0 spiro atoms. The standard InChI is InChI=1S/C26H29NO/c1-7-25(20-12-13-21(16-28)24(15-20)17(2)3)27(18(4)5)26-14-11-19(6)22-9-8-10-23(22)26/h7-8,10-17H,4,9H2,1-3,5-6H3/b25-7-. The molecule has 0 saturated carbocycles. The van der Waals surface area contributed by atoms with Crippen molar-refractivity contribution in [3.8, 4) is 0 Å². The van der Waals surface area contributed by atoms with E-state index in [-0.39, 0.29) is 5.92 Å². The van der Waals surface area contributed by atoms with Crippen LogP contribution in [0.25, 0.3) is 11.8 Å². The quantitative estimate of drug-likeness (QED) is 0.515. The predicted octanol–water partition coefficient (Wildman–Crippen LogP) is 6.90. The van der Waals surface area contributed by atoms with Gasteiger partial charge in [0.05, 0.1) is 5.69 Å². The molecule has 28 heavy (non-hydrogen) atoms. The summed E-state index contributed by atoms with van der Waals surface area (Å²) in [4.78, 5) is 13.7.